The van der Waals surface area contributed by atoms with Gasteiger partial charge in [-0.05, 0) is 24.3 Å². The van der Waals surface area contributed by atoms with Gasteiger partial charge < -0.3 is 24.0 Å². The molecular weight excluding hydrogens is 396 g/mol. The number of halogens is 1. The van der Waals surface area contributed by atoms with Gasteiger partial charge in [-0.1, -0.05) is 28.1 Å². The number of fused-ring (bicyclic) bond motifs is 1. The minimum Gasteiger partial charge on any atom is -0.495 e. The Hall–Kier alpha value is -1.92. The summed E-state index contributed by atoms with van der Waals surface area (Å²) >= 11 is 3.69. The highest BCUT2D eigenvalue weighted by atomic mass is 79.9. The molecular formula is C20H24BrN2O3+. The van der Waals surface area contributed by atoms with E-state index in [0.717, 1.165) is 54.4 Å². The number of ether oxygens (including phenoxy) is 3. The van der Waals surface area contributed by atoms with Crippen LogP contribution in [0.5, 0.6) is 17.2 Å². The van der Waals surface area contributed by atoms with Crippen LogP contribution in [0.2, 0.25) is 0 Å². The van der Waals surface area contributed by atoms with Crippen molar-refractivity contribution >= 4 is 21.6 Å². The summed E-state index contributed by atoms with van der Waals surface area (Å²) in [6, 6.07) is 12.4. The molecule has 138 valence electrons. The van der Waals surface area contributed by atoms with Gasteiger partial charge in [-0.25, -0.2) is 0 Å². The van der Waals surface area contributed by atoms with E-state index >= 15 is 0 Å². The second kappa shape index (κ2) is 7.76. The molecule has 0 amide bonds. The predicted octanol–water partition coefficient (Wildman–Crippen LogP) is 2.13. The number of nitrogens with zero attached hydrogens (tertiary/aromatic N) is 1. The van der Waals surface area contributed by atoms with Crippen molar-refractivity contribution in [2.45, 2.75) is 6.54 Å². The molecule has 0 spiro atoms. The lowest BCUT2D eigenvalue weighted by atomic mass is 10.1. The molecule has 0 aliphatic carbocycles. The average Bonchev–Trinajstić information content (AvgIpc) is 2.69. The lowest BCUT2D eigenvalue weighted by Gasteiger charge is -2.34. The van der Waals surface area contributed by atoms with E-state index in [4.69, 9.17) is 14.2 Å². The van der Waals surface area contributed by atoms with Crippen molar-refractivity contribution in [1.29, 1.82) is 0 Å². The number of benzene rings is 2. The standard InChI is InChI=1S/C20H23BrN2O3/c1-24-18-5-3-2-4-17(18)23-8-6-22(7-9-23)14-15-12-19-20(13-16(15)21)26-11-10-25-19/h2-5,12-13H,6-11,14H2,1H3/p+1. The number of rotatable bonds is 4. The van der Waals surface area contributed by atoms with Crippen LogP contribution in [0.3, 0.4) is 0 Å². The molecule has 0 saturated carbocycles. The summed E-state index contributed by atoms with van der Waals surface area (Å²) in [6.07, 6.45) is 0. The monoisotopic (exact) mass is 419 g/mol. The highest BCUT2D eigenvalue weighted by Crippen LogP contribution is 2.35. The number of nitrogens with one attached hydrogen (secondary N) is 1. The van der Waals surface area contributed by atoms with E-state index in [9.17, 15) is 0 Å². The third kappa shape index (κ3) is 3.62. The Balaban J connectivity index is 1.41. The minimum atomic E-state index is 0.620. The molecule has 0 radical (unpaired) electrons. The van der Waals surface area contributed by atoms with Gasteiger partial charge in [-0.15, -0.1) is 0 Å². The van der Waals surface area contributed by atoms with E-state index in [1.807, 2.05) is 18.2 Å². The van der Waals surface area contributed by atoms with Gasteiger partial charge in [-0.3, -0.25) is 0 Å². The van der Waals surface area contributed by atoms with Gasteiger partial charge in [0.25, 0.3) is 0 Å². The Morgan fingerprint density at radius 1 is 1.08 bits per heavy atom. The van der Waals surface area contributed by atoms with E-state index in [-0.39, 0.29) is 0 Å². The van der Waals surface area contributed by atoms with E-state index in [2.05, 4.69) is 39.0 Å². The molecule has 2 aliphatic rings. The van der Waals surface area contributed by atoms with Gasteiger partial charge >= 0.3 is 0 Å². The van der Waals surface area contributed by atoms with E-state index in [0.29, 0.717) is 13.2 Å². The first-order chi connectivity index (χ1) is 12.7. The summed E-state index contributed by atoms with van der Waals surface area (Å²) in [5, 5.41) is 0. The predicted molar refractivity (Wildman–Crippen MR) is 105 cm³/mol. The second-order valence-corrected chi connectivity index (χ2v) is 7.53. The average molecular weight is 420 g/mol. The molecule has 1 fully saturated rings. The Kier molecular flexibility index (Phi) is 5.22. The van der Waals surface area contributed by atoms with E-state index < -0.39 is 0 Å². The fraction of sp³-hybridized carbons (Fsp3) is 0.400. The SMILES string of the molecule is COc1ccccc1N1CC[NH+](Cc2cc3c(cc2Br)OCCO3)CC1. The number of anilines is 1. The maximum Gasteiger partial charge on any atom is 0.162 e. The minimum absolute atomic E-state index is 0.620. The van der Waals surface area contributed by atoms with Crippen molar-refractivity contribution in [2.75, 3.05) is 51.4 Å². The largest absolute Gasteiger partial charge is 0.495 e. The third-order valence-corrected chi connectivity index (χ3v) is 5.79. The maximum absolute atomic E-state index is 5.73. The Bertz CT molecular complexity index is 776. The summed E-state index contributed by atoms with van der Waals surface area (Å²) in [7, 11) is 1.74. The maximum atomic E-state index is 5.73. The van der Waals surface area contributed by atoms with Gasteiger partial charge in [0.1, 0.15) is 25.5 Å². The van der Waals surface area contributed by atoms with Crippen LogP contribution in [0.1, 0.15) is 5.56 Å². The zero-order valence-corrected chi connectivity index (χ0v) is 16.5. The first kappa shape index (κ1) is 17.5. The zero-order chi connectivity index (χ0) is 17.9. The summed E-state index contributed by atoms with van der Waals surface area (Å²) in [4.78, 5) is 4.00. The van der Waals surface area contributed by atoms with Crippen molar-refractivity contribution in [3.8, 4) is 17.2 Å². The topological polar surface area (TPSA) is 35.4 Å². The summed E-state index contributed by atoms with van der Waals surface area (Å²) in [5.74, 6) is 2.65. The molecule has 1 N–H and O–H groups in total. The molecule has 0 bridgehead atoms. The Morgan fingerprint density at radius 3 is 2.50 bits per heavy atom. The van der Waals surface area contributed by atoms with E-state index in [1.165, 1.54) is 11.3 Å². The van der Waals surface area contributed by atoms with Crippen LogP contribution in [-0.4, -0.2) is 46.5 Å². The highest BCUT2D eigenvalue weighted by Gasteiger charge is 2.24. The van der Waals surface area contributed by atoms with Crippen LogP contribution in [0.4, 0.5) is 5.69 Å². The molecule has 0 aromatic heterocycles. The molecule has 1 saturated heterocycles. The second-order valence-electron chi connectivity index (χ2n) is 6.67. The van der Waals surface area contributed by atoms with Crippen LogP contribution in [0.25, 0.3) is 0 Å². The number of methoxy groups -OCH3 is 1. The van der Waals surface area contributed by atoms with Crippen molar-refractivity contribution in [3.63, 3.8) is 0 Å². The summed E-state index contributed by atoms with van der Waals surface area (Å²) in [5.41, 5.74) is 2.46. The van der Waals surface area contributed by atoms with Gasteiger partial charge in [0.05, 0.1) is 39.0 Å². The molecule has 26 heavy (non-hydrogen) atoms. The van der Waals surface area contributed by atoms with Crippen molar-refractivity contribution < 1.29 is 19.1 Å². The first-order valence-corrected chi connectivity index (χ1v) is 9.83. The lowest BCUT2D eigenvalue weighted by molar-refractivity contribution is -0.914. The van der Waals surface area contributed by atoms with Crippen molar-refractivity contribution in [2.24, 2.45) is 0 Å². The molecule has 5 nitrogen and oxygen atoms in total. The molecule has 2 aromatic rings. The van der Waals surface area contributed by atoms with Crippen LogP contribution < -0.4 is 24.0 Å². The van der Waals surface area contributed by atoms with E-state index in [1.54, 1.807) is 12.0 Å². The zero-order valence-electron chi connectivity index (χ0n) is 15.0. The molecule has 0 unspecified atom stereocenters. The molecule has 2 heterocycles. The number of hydrogen-bond donors (Lipinski definition) is 1. The van der Waals surface area contributed by atoms with Gasteiger partial charge in [0.2, 0.25) is 0 Å². The molecule has 2 aliphatic heterocycles. The number of hydrogen-bond acceptors (Lipinski definition) is 4. The quantitative estimate of drug-likeness (QED) is 0.823. The lowest BCUT2D eigenvalue weighted by Crippen LogP contribution is -3.13. The summed E-state index contributed by atoms with van der Waals surface area (Å²) < 4.78 is 18.0. The van der Waals surface area contributed by atoms with Crippen LogP contribution >= 0.6 is 15.9 Å². The number of quaternary nitrogens is 1. The summed E-state index contributed by atoms with van der Waals surface area (Å²) in [6.45, 7) is 6.47. The van der Waals surface area contributed by atoms with Gasteiger partial charge in [0.15, 0.2) is 11.5 Å². The Morgan fingerprint density at radius 2 is 1.77 bits per heavy atom. The van der Waals surface area contributed by atoms with Crippen LogP contribution in [0.15, 0.2) is 40.9 Å². The molecule has 4 rings (SSSR count). The highest BCUT2D eigenvalue weighted by molar-refractivity contribution is 9.10. The molecule has 2 aromatic carbocycles. The fourth-order valence-electron chi connectivity index (χ4n) is 3.64. The van der Waals surface area contributed by atoms with Crippen molar-refractivity contribution in [1.82, 2.24) is 0 Å². The van der Waals surface area contributed by atoms with Crippen molar-refractivity contribution in [3.05, 3.63) is 46.4 Å². The van der Waals surface area contributed by atoms with Gasteiger partial charge in [0, 0.05) is 10.0 Å². The smallest absolute Gasteiger partial charge is 0.162 e. The normalized spacial score (nSPS) is 17.2. The Labute approximate surface area is 162 Å². The van der Waals surface area contributed by atoms with Gasteiger partial charge in [-0.2, -0.15) is 0 Å². The van der Waals surface area contributed by atoms with Crippen LogP contribution in [0, 0.1) is 0 Å². The first-order valence-electron chi connectivity index (χ1n) is 9.04. The number of para-hydroxylation sites is 2. The number of piperazine rings is 1. The third-order valence-electron chi connectivity index (χ3n) is 5.05. The molecule has 0 atom stereocenters. The van der Waals surface area contributed by atoms with Crippen LogP contribution in [-0.2, 0) is 6.54 Å². The molecule has 6 heteroatoms. The fourth-order valence-corrected chi connectivity index (χ4v) is 4.11.